The molecule has 7 atom stereocenters. The van der Waals surface area contributed by atoms with Crippen LogP contribution in [0.15, 0.2) is 60.5 Å². The predicted molar refractivity (Wildman–Crippen MR) is 356 cm³/mol. The Morgan fingerprint density at radius 1 is 0.714 bits per heavy atom. The molecule has 0 aromatic heterocycles. The molecule has 7 rings (SSSR count). The van der Waals surface area contributed by atoms with E-state index in [1.54, 1.807) is 0 Å². The van der Waals surface area contributed by atoms with Gasteiger partial charge in [0.15, 0.2) is 0 Å². The van der Waals surface area contributed by atoms with Crippen LogP contribution in [-0.4, -0.2) is 219 Å². The van der Waals surface area contributed by atoms with Gasteiger partial charge in [-0.3, -0.25) is 14.6 Å². The van der Waals surface area contributed by atoms with Crippen molar-refractivity contribution in [2.75, 3.05) is 127 Å². The number of amides is 1. The molecule has 2 saturated carbocycles. The van der Waals surface area contributed by atoms with Crippen LogP contribution in [0, 0.1) is 23.7 Å². The van der Waals surface area contributed by atoms with E-state index >= 15 is 0 Å². The smallest absolute Gasteiger partial charge is 0.239 e. The zero-order valence-electron chi connectivity index (χ0n) is 55.7. The van der Waals surface area contributed by atoms with Crippen molar-refractivity contribution < 1.29 is 4.79 Å². The van der Waals surface area contributed by atoms with Gasteiger partial charge in [-0.1, -0.05) is 117 Å². The SMILES string of the molecule is CC[C@H](C)[C@H]1CN2CCC2=CN(C)C=CN(C)C(CC2CCCCC2)=CN(C)CCN[C@@H](CCc2ccc(Cl)cc2)CN2CCC[C@H]2CNC2(CCCC2)CN(C)[C@@H](C(C)C)CN(C)[C@H](C(=O)N2CCCCC2)CCN(C)[C@@H](CC(C)C)CN1. The summed E-state index contributed by atoms with van der Waals surface area (Å²) >= 11 is 6.38. The number of benzene rings is 1. The fourth-order valence-electron chi connectivity index (χ4n) is 15.2. The van der Waals surface area contributed by atoms with E-state index in [9.17, 15) is 4.79 Å². The van der Waals surface area contributed by atoms with E-state index in [1.165, 1.54) is 101 Å². The molecule has 0 unspecified atom stereocenters. The fraction of sp³-hybridized carbons (Fsp3) is 0.814. The zero-order chi connectivity index (χ0) is 60.2. The molecule has 1 aromatic carbocycles. The molecule has 4 aliphatic heterocycles. The number of likely N-dealkylation sites (tertiary alicyclic amines) is 1. The second kappa shape index (κ2) is 34.8. The van der Waals surface area contributed by atoms with E-state index in [0.717, 1.165) is 147 Å². The second-order valence-electron chi connectivity index (χ2n) is 28.7. The van der Waals surface area contributed by atoms with E-state index in [-0.39, 0.29) is 11.6 Å². The Kier molecular flexibility index (Phi) is 28.4. The average Bonchev–Trinajstić information content (AvgIpc) is 4.27. The minimum atomic E-state index is -0.147. The normalized spacial score (nSPS) is 28.5. The number of allylic oxidation sites excluding steroid dienone is 1. The Bertz CT molecular complexity index is 2130. The molecule has 1 aromatic rings. The predicted octanol–water partition coefficient (Wildman–Crippen LogP) is 11.2. The highest BCUT2D eigenvalue weighted by molar-refractivity contribution is 6.30. The van der Waals surface area contributed by atoms with Gasteiger partial charge >= 0.3 is 0 Å². The topological polar surface area (TPSA) is 82.3 Å². The van der Waals surface area contributed by atoms with Crippen molar-refractivity contribution in [1.29, 1.82) is 0 Å². The average molecular weight is 1190 g/mol. The van der Waals surface area contributed by atoms with Crippen molar-refractivity contribution >= 4 is 17.5 Å². The summed E-state index contributed by atoms with van der Waals surface area (Å²) in [5.74, 6) is 2.66. The molecule has 478 valence electrons. The van der Waals surface area contributed by atoms with Crippen LogP contribution < -0.4 is 16.0 Å². The Morgan fingerprint density at radius 3 is 2.12 bits per heavy atom. The van der Waals surface area contributed by atoms with Gasteiger partial charge in [0.2, 0.25) is 5.91 Å². The molecule has 2 aliphatic carbocycles. The number of rotatable bonds is 11. The number of fused-ring (bicyclic) bond motifs is 2. The Balaban J connectivity index is 1.15. The first kappa shape index (κ1) is 68.6. The summed E-state index contributed by atoms with van der Waals surface area (Å²) < 4.78 is 0. The Morgan fingerprint density at radius 2 is 1.44 bits per heavy atom. The number of halogens is 1. The van der Waals surface area contributed by atoms with Gasteiger partial charge in [0.1, 0.15) is 0 Å². The van der Waals surface area contributed by atoms with E-state index in [2.05, 4.69) is 193 Å². The maximum Gasteiger partial charge on any atom is 0.239 e. The molecule has 4 heterocycles. The van der Waals surface area contributed by atoms with Crippen LogP contribution in [0.3, 0.4) is 0 Å². The summed E-state index contributed by atoms with van der Waals surface area (Å²) in [4.78, 5) is 37.6. The third-order valence-electron chi connectivity index (χ3n) is 21.1. The van der Waals surface area contributed by atoms with Crippen molar-refractivity contribution in [3.8, 4) is 0 Å². The molecule has 6 aliphatic rings. The lowest BCUT2D eigenvalue weighted by molar-refractivity contribution is -0.138. The van der Waals surface area contributed by atoms with Crippen molar-refractivity contribution in [1.82, 2.24) is 60.0 Å². The van der Waals surface area contributed by atoms with Gasteiger partial charge in [-0.15, -0.1) is 0 Å². The summed E-state index contributed by atoms with van der Waals surface area (Å²) in [6.07, 6.45) is 34.7. The first-order valence-corrected chi connectivity index (χ1v) is 34.9. The van der Waals surface area contributed by atoms with Crippen molar-refractivity contribution in [2.24, 2.45) is 23.7 Å². The van der Waals surface area contributed by atoms with Crippen LogP contribution in [0.5, 0.6) is 0 Å². The number of nitrogens with one attached hydrogen (secondary N) is 3. The fourth-order valence-corrected chi connectivity index (χ4v) is 15.3. The van der Waals surface area contributed by atoms with E-state index in [4.69, 9.17) is 11.6 Å². The van der Waals surface area contributed by atoms with E-state index < -0.39 is 0 Å². The first-order valence-electron chi connectivity index (χ1n) is 34.5. The molecule has 84 heavy (non-hydrogen) atoms. The number of carbonyl (C=O) groups excluding carboxylic acids is 1. The minimum Gasteiger partial charge on any atom is -0.378 e. The van der Waals surface area contributed by atoms with Gasteiger partial charge in [0.25, 0.3) is 0 Å². The number of aryl methyl sites for hydroxylation is 1. The summed E-state index contributed by atoms with van der Waals surface area (Å²) in [6.45, 7) is 27.3. The molecule has 0 bridgehead atoms. The van der Waals surface area contributed by atoms with E-state index in [1.807, 2.05) is 0 Å². The quantitative estimate of drug-likeness (QED) is 0.197. The maximum absolute atomic E-state index is 14.9. The highest BCUT2D eigenvalue weighted by Gasteiger charge is 2.40. The van der Waals surface area contributed by atoms with Gasteiger partial charge in [-0.25, -0.2) is 0 Å². The molecule has 3 N–H and O–H groups in total. The van der Waals surface area contributed by atoms with Crippen LogP contribution in [0.25, 0.3) is 0 Å². The highest BCUT2D eigenvalue weighted by Crippen LogP contribution is 2.34. The van der Waals surface area contributed by atoms with Crippen molar-refractivity contribution in [3.63, 3.8) is 0 Å². The van der Waals surface area contributed by atoms with Crippen LogP contribution in [0.1, 0.15) is 176 Å². The molecule has 13 nitrogen and oxygen atoms in total. The number of carbonyl (C=O) groups is 1. The number of hydrogen-bond donors (Lipinski definition) is 3. The summed E-state index contributed by atoms with van der Waals surface area (Å²) in [7, 11) is 13.8. The zero-order valence-corrected chi connectivity index (χ0v) is 56.5. The van der Waals surface area contributed by atoms with Gasteiger partial charge < -0.3 is 50.2 Å². The summed E-state index contributed by atoms with van der Waals surface area (Å²) in [5.41, 5.74) is 4.29. The van der Waals surface area contributed by atoms with Crippen LogP contribution in [0.2, 0.25) is 5.02 Å². The van der Waals surface area contributed by atoms with Gasteiger partial charge in [-0.05, 0) is 146 Å². The Hall–Kier alpha value is -2.88. The highest BCUT2D eigenvalue weighted by atomic mass is 35.5. The monoisotopic (exact) mass is 1180 g/mol. The molecule has 1 amide bonds. The molecular formula is C70H125ClN12O. The van der Waals surface area contributed by atoms with Gasteiger partial charge in [-0.2, -0.15) is 0 Å². The molecule has 14 heteroatoms. The second-order valence-corrected chi connectivity index (χ2v) is 29.1. The lowest BCUT2D eigenvalue weighted by atomic mass is 9.86. The largest absolute Gasteiger partial charge is 0.378 e. The third kappa shape index (κ3) is 21.4. The van der Waals surface area contributed by atoms with E-state index in [0.29, 0.717) is 53.9 Å². The Labute approximate surface area is 520 Å². The molecule has 3 saturated heterocycles. The molecular weight excluding hydrogens is 1060 g/mol. The lowest BCUT2D eigenvalue weighted by Crippen LogP contribution is -2.59. The number of piperidine rings is 1. The standard InChI is InChI=1S/C70H125ClN12O/c1-13-57(6)66-52-83-41-32-63(83)50-76(8)43-44-78(10)65(46-59-23-16-14-17-24-59)51-75(7)42-36-72-61(31-28-58-26-29-60(71)30-27-58)49-82-39-22-25-62(82)48-74-70(34-18-19-35-70)54-80(12)68(56(4)5)53-79(11)67(69(84)81-37-20-15-21-38-81)33-40-77(9)64(47-73-66)45-55(2)3/h26-27,29-30,43-44,50-51,55-57,59,61-62,64,66-68,72-74H,13-25,28,31-42,45-49,52-54H2,1-12H3/t57-,61-,62-,64-,66+,67-,68+/m0/s1. The molecule has 1 spiro atoms. The van der Waals surface area contributed by atoms with Crippen LogP contribution in [-0.2, 0) is 11.2 Å². The number of likely N-dealkylation sites (N-methyl/N-ethyl adjacent to an activating group) is 4. The van der Waals surface area contributed by atoms with Crippen molar-refractivity contribution in [3.05, 3.63) is 71.0 Å². The maximum atomic E-state index is 14.9. The number of nitrogens with zero attached hydrogens (tertiary/aromatic N) is 9. The van der Waals surface area contributed by atoms with Crippen LogP contribution >= 0.6 is 11.6 Å². The number of hydrogen-bond acceptors (Lipinski definition) is 12. The molecule has 5 fully saturated rings. The first-order chi connectivity index (χ1) is 40.4. The van der Waals surface area contributed by atoms with Crippen LogP contribution in [0.4, 0.5) is 0 Å². The molecule has 0 radical (unpaired) electrons. The van der Waals surface area contributed by atoms with Gasteiger partial charge in [0.05, 0.1) is 6.04 Å². The lowest BCUT2D eigenvalue weighted by Gasteiger charge is -2.43. The minimum absolute atomic E-state index is 0.0962. The van der Waals surface area contributed by atoms with Gasteiger partial charge in [0, 0.05) is 183 Å². The summed E-state index contributed by atoms with van der Waals surface area (Å²) in [5, 5.41) is 13.5. The van der Waals surface area contributed by atoms with Crippen molar-refractivity contribution in [2.45, 2.75) is 218 Å². The summed E-state index contributed by atoms with van der Waals surface area (Å²) in [6, 6.07) is 10.4. The third-order valence-corrected chi connectivity index (χ3v) is 21.4.